The Balaban J connectivity index is 1.91. The van der Waals surface area contributed by atoms with Gasteiger partial charge in [0.1, 0.15) is 0 Å². The van der Waals surface area contributed by atoms with Crippen molar-refractivity contribution in [2.75, 3.05) is 13.6 Å². The summed E-state index contributed by atoms with van der Waals surface area (Å²) in [4.78, 5) is 28.5. The van der Waals surface area contributed by atoms with E-state index in [4.69, 9.17) is 0 Å². The van der Waals surface area contributed by atoms with E-state index in [-0.39, 0.29) is 18.2 Å². The first-order valence-electron chi connectivity index (χ1n) is 7.84. The zero-order valence-corrected chi connectivity index (χ0v) is 13.6. The minimum atomic E-state index is -0.181. The van der Waals surface area contributed by atoms with Crippen LogP contribution in [0.3, 0.4) is 0 Å². The van der Waals surface area contributed by atoms with E-state index in [2.05, 4.69) is 20.7 Å². The molecule has 0 atom stereocenters. The topological polar surface area (TPSA) is 88.9 Å². The van der Waals surface area contributed by atoms with E-state index in [0.717, 1.165) is 35.3 Å². The van der Waals surface area contributed by atoms with Crippen LogP contribution in [0.2, 0.25) is 0 Å². The Morgan fingerprint density at radius 3 is 2.78 bits per heavy atom. The third kappa shape index (κ3) is 3.04. The number of hydrogen-bond donors (Lipinski definition) is 2. The quantitative estimate of drug-likeness (QED) is 0.862. The number of carbonyl (C=O) groups is 2. The third-order valence-corrected chi connectivity index (χ3v) is 4.15. The normalized spacial score (nSPS) is 14.0. The average molecular weight is 315 g/mol. The van der Waals surface area contributed by atoms with E-state index in [9.17, 15) is 9.59 Å². The maximum Gasteiger partial charge on any atom is 0.252 e. The van der Waals surface area contributed by atoms with E-state index >= 15 is 0 Å². The molecule has 1 saturated carbocycles. The zero-order chi connectivity index (χ0) is 16.6. The Kier molecular flexibility index (Phi) is 4.02. The van der Waals surface area contributed by atoms with Crippen LogP contribution in [0.5, 0.6) is 0 Å². The summed E-state index contributed by atoms with van der Waals surface area (Å²) < 4.78 is 1.72. The lowest BCUT2D eigenvalue weighted by Gasteiger charge is -2.08. The molecule has 0 aromatic carbocycles. The molecule has 3 rings (SSSR count). The second kappa shape index (κ2) is 5.98. The molecule has 2 N–H and O–H groups in total. The molecule has 0 aliphatic heterocycles. The van der Waals surface area contributed by atoms with Gasteiger partial charge in [-0.15, -0.1) is 0 Å². The molecular weight excluding hydrogens is 294 g/mol. The maximum absolute atomic E-state index is 12.6. The molecule has 0 bridgehead atoms. The molecule has 0 unspecified atom stereocenters. The Bertz CT molecular complexity index is 776. The van der Waals surface area contributed by atoms with Crippen LogP contribution < -0.4 is 10.6 Å². The van der Waals surface area contributed by atoms with Crippen LogP contribution in [0.15, 0.2) is 6.07 Å². The molecule has 2 aromatic rings. The number of nitrogens with zero attached hydrogens (tertiary/aromatic N) is 3. The van der Waals surface area contributed by atoms with Gasteiger partial charge >= 0.3 is 0 Å². The number of rotatable bonds is 5. The van der Waals surface area contributed by atoms with Crippen molar-refractivity contribution in [1.29, 1.82) is 0 Å². The van der Waals surface area contributed by atoms with E-state index in [1.165, 1.54) is 0 Å². The molecular formula is C16H21N5O2. The predicted molar refractivity (Wildman–Crippen MR) is 86.2 cm³/mol. The van der Waals surface area contributed by atoms with Crippen LogP contribution in [-0.4, -0.2) is 40.2 Å². The lowest BCUT2D eigenvalue weighted by Crippen LogP contribution is -2.29. The molecule has 7 heteroatoms. The first kappa shape index (κ1) is 15.5. The summed E-state index contributed by atoms with van der Waals surface area (Å²) in [6.07, 6.45) is 2.50. The van der Waals surface area contributed by atoms with Gasteiger partial charge in [0, 0.05) is 38.7 Å². The van der Waals surface area contributed by atoms with Gasteiger partial charge in [-0.25, -0.2) is 4.98 Å². The first-order chi connectivity index (χ1) is 11.0. The van der Waals surface area contributed by atoms with E-state index in [1.54, 1.807) is 11.7 Å². The molecule has 7 nitrogen and oxygen atoms in total. The zero-order valence-electron chi connectivity index (χ0n) is 13.6. The highest BCUT2D eigenvalue weighted by Gasteiger charge is 2.28. The van der Waals surface area contributed by atoms with Gasteiger partial charge in [-0.2, -0.15) is 5.10 Å². The largest absolute Gasteiger partial charge is 0.359 e. The van der Waals surface area contributed by atoms with Crippen LogP contribution in [-0.2, 0) is 11.8 Å². The number of aryl methyl sites for hydroxylation is 2. The van der Waals surface area contributed by atoms with Crippen molar-refractivity contribution >= 4 is 22.8 Å². The molecule has 122 valence electrons. The summed E-state index contributed by atoms with van der Waals surface area (Å²) in [7, 11) is 3.42. The number of carbonyl (C=O) groups excluding carboxylic acids is 2. The molecule has 23 heavy (non-hydrogen) atoms. The number of fused-ring (bicyclic) bond motifs is 1. The molecule has 0 saturated heterocycles. The fourth-order valence-electron chi connectivity index (χ4n) is 2.74. The Morgan fingerprint density at radius 1 is 1.39 bits per heavy atom. The van der Waals surface area contributed by atoms with Gasteiger partial charge in [0.15, 0.2) is 5.65 Å². The number of nitrogens with one attached hydrogen (secondary N) is 2. The molecule has 0 spiro atoms. The highest BCUT2D eigenvalue weighted by molar-refractivity contribution is 6.06. The van der Waals surface area contributed by atoms with Crippen molar-refractivity contribution in [3.63, 3.8) is 0 Å². The third-order valence-electron chi connectivity index (χ3n) is 4.15. The van der Waals surface area contributed by atoms with E-state index in [1.807, 2.05) is 20.0 Å². The molecule has 1 aliphatic rings. The van der Waals surface area contributed by atoms with Crippen LogP contribution in [0.1, 0.15) is 46.9 Å². The lowest BCUT2D eigenvalue weighted by atomic mass is 10.1. The minimum absolute atomic E-state index is 0.0959. The van der Waals surface area contributed by atoms with Crippen molar-refractivity contribution < 1.29 is 9.59 Å². The second-order valence-electron chi connectivity index (χ2n) is 5.96. The summed E-state index contributed by atoms with van der Waals surface area (Å²) in [6, 6.07) is 1.88. The molecule has 1 aliphatic carbocycles. The van der Waals surface area contributed by atoms with E-state index < -0.39 is 0 Å². The van der Waals surface area contributed by atoms with Crippen molar-refractivity contribution in [2.45, 2.75) is 32.1 Å². The van der Waals surface area contributed by atoms with Gasteiger partial charge in [0.05, 0.1) is 16.6 Å². The highest BCUT2D eigenvalue weighted by Crippen LogP contribution is 2.40. The monoisotopic (exact) mass is 315 g/mol. The smallest absolute Gasteiger partial charge is 0.252 e. The lowest BCUT2D eigenvalue weighted by molar-refractivity contribution is -0.120. The molecule has 2 amide bonds. The SMILES string of the molecule is CNC(=O)CCNC(=O)c1cc(C2CC2)nc2c1c(C)nn2C. The first-order valence-corrected chi connectivity index (χ1v) is 7.84. The predicted octanol–water partition coefficient (Wildman–Crippen LogP) is 1.02. The summed E-state index contributed by atoms with van der Waals surface area (Å²) in [6.45, 7) is 2.18. The number of amides is 2. The van der Waals surface area contributed by atoms with Gasteiger partial charge < -0.3 is 10.6 Å². The molecule has 0 radical (unpaired) electrons. The van der Waals surface area contributed by atoms with E-state index in [0.29, 0.717) is 18.0 Å². The number of hydrogen-bond acceptors (Lipinski definition) is 4. The van der Waals surface area contributed by atoms with Crippen molar-refractivity contribution in [3.8, 4) is 0 Å². The average Bonchev–Trinajstić information content (AvgIpc) is 3.33. The van der Waals surface area contributed by atoms with Crippen LogP contribution >= 0.6 is 0 Å². The van der Waals surface area contributed by atoms with Crippen LogP contribution in [0.25, 0.3) is 11.0 Å². The van der Waals surface area contributed by atoms with Crippen molar-refractivity contribution in [2.24, 2.45) is 7.05 Å². The fraction of sp³-hybridized carbons (Fsp3) is 0.500. The standard InChI is InChI=1S/C16H21N5O2/c1-9-14-11(16(23)18-7-6-13(22)17-2)8-12(10-4-5-10)19-15(14)21(3)20-9/h8,10H,4-7H2,1-3H3,(H,17,22)(H,18,23). The van der Waals surface area contributed by atoms with Crippen molar-refractivity contribution in [3.05, 3.63) is 23.0 Å². The van der Waals surface area contributed by atoms with Crippen molar-refractivity contribution in [1.82, 2.24) is 25.4 Å². The minimum Gasteiger partial charge on any atom is -0.359 e. The van der Waals surface area contributed by atoms with Crippen LogP contribution in [0, 0.1) is 6.92 Å². The Labute approximate surface area is 134 Å². The molecule has 1 fully saturated rings. The van der Waals surface area contributed by atoms with Gasteiger partial charge in [-0.05, 0) is 25.8 Å². The second-order valence-corrected chi connectivity index (χ2v) is 5.96. The van der Waals surface area contributed by atoms with Gasteiger partial charge in [0.25, 0.3) is 5.91 Å². The summed E-state index contributed by atoms with van der Waals surface area (Å²) in [5, 5.41) is 10.5. The number of pyridine rings is 1. The summed E-state index contributed by atoms with van der Waals surface area (Å²) in [5.74, 6) is 0.174. The Morgan fingerprint density at radius 2 is 2.13 bits per heavy atom. The van der Waals surface area contributed by atoms with Gasteiger partial charge in [0.2, 0.25) is 5.91 Å². The fourth-order valence-corrected chi connectivity index (χ4v) is 2.74. The summed E-state index contributed by atoms with van der Waals surface area (Å²) in [5.41, 5.74) is 3.08. The van der Waals surface area contributed by atoms with Gasteiger partial charge in [-0.1, -0.05) is 0 Å². The molecule has 2 aromatic heterocycles. The Hall–Kier alpha value is -2.44. The molecule has 2 heterocycles. The van der Waals surface area contributed by atoms with Crippen LogP contribution in [0.4, 0.5) is 0 Å². The highest BCUT2D eigenvalue weighted by atomic mass is 16.2. The summed E-state index contributed by atoms with van der Waals surface area (Å²) >= 11 is 0. The van der Waals surface area contributed by atoms with Gasteiger partial charge in [-0.3, -0.25) is 14.3 Å². The number of aromatic nitrogens is 3. The maximum atomic E-state index is 12.6.